The number of unbranched alkanes of at least 4 members (excludes halogenated alkanes) is 1. The fourth-order valence-electron chi connectivity index (χ4n) is 0.654. The van der Waals surface area contributed by atoms with E-state index >= 15 is 0 Å². The van der Waals surface area contributed by atoms with Gasteiger partial charge in [0.05, 0.1) is 12.0 Å². The van der Waals surface area contributed by atoms with Gasteiger partial charge in [-0.2, -0.15) is 0 Å². The molecule has 2 nitrogen and oxygen atoms in total. The lowest BCUT2D eigenvalue weighted by atomic mass is 10.3. The van der Waals surface area contributed by atoms with Gasteiger partial charge in [-0.15, -0.1) is 46.4 Å². The maximum absolute atomic E-state index is 11.2. The third-order valence-electron chi connectivity index (χ3n) is 1.49. The maximum atomic E-state index is 11.2. The molecule has 0 saturated carbocycles. The molecule has 84 valence electrons. The molecular weight excluding hydrogens is 270 g/mol. The van der Waals surface area contributed by atoms with Crippen LogP contribution in [0.5, 0.6) is 0 Å². The summed E-state index contributed by atoms with van der Waals surface area (Å²) < 4.78 is 4.84. The maximum Gasteiger partial charge on any atom is 0.325 e. The number of ether oxygens (including phenoxy) is 1. The highest BCUT2D eigenvalue weighted by Crippen LogP contribution is 2.22. The predicted molar refractivity (Wildman–Crippen MR) is 60.6 cm³/mol. The first-order valence-electron chi connectivity index (χ1n) is 4.23. The molecule has 0 aliphatic rings. The minimum Gasteiger partial charge on any atom is -0.465 e. The van der Waals surface area contributed by atoms with Crippen LogP contribution in [0.3, 0.4) is 0 Å². The van der Waals surface area contributed by atoms with E-state index in [1.54, 1.807) is 0 Å². The van der Waals surface area contributed by atoms with Crippen LogP contribution < -0.4 is 0 Å². The van der Waals surface area contributed by atoms with Gasteiger partial charge in [0.15, 0.2) is 0 Å². The molecule has 0 fully saturated rings. The van der Waals surface area contributed by atoms with Crippen molar-refractivity contribution in [2.45, 2.75) is 35.4 Å². The lowest BCUT2D eigenvalue weighted by Gasteiger charge is -2.15. The van der Waals surface area contributed by atoms with Gasteiger partial charge < -0.3 is 4.74 Å². The van der Waals surface area contributed by atoms with E-state index in [0.717, 1.165) is 12.8 Å². The van der Waals surface area contributed by atoms with Crippen molar-refractivity contribution in [3.63, 3.8) is 0 Å². The Bertz CT molecular complexity index is 175. The highest BCUT2D eigenvalue weighted by atomic mass is 35.5. The van der Waals surface area contributed by atoms with E-state index in [-0.39, 0.29) is 0 Å². The molecule has 0 radical (unpaired) electrons. The molecule has 0 aromatic heterocycles. The summed E-state index contributed by atoms with van der Waals surface area (Å²) in [6.45, 7) is 2.33. The largest absolute Gasteiger partial charge is 0.465 e. The number of hydrogen-bond donors (Lipinski definition) is 0. The molecule has 0 rings (SSSR count). The van der Waals surface area contributed by atoms with Crippen LogP contribution in [0.25, 0.3) is 0 Å². The molecule has 0 spiro atoms. The van der Waals surface area contributed by atoms with Crippen LogP contribution in [-0.4, -0.2) is 28.2 Å². The minimum absolute atomic E-state index is 0.345. The average molecular weight is 282 g/mol. The van der Waals surface area contributed by atoms with Crippen LogP contribution in [0, 0.1) is 0 Å². The Morgan fingerprint density at radius 3 is 2.29 bits per heavy atom. The molecule has 0 amide bonds. The number of halogens is 4. The van der Waals surface area contributed by atoms with Gasteiger partial charge in [-0.1, -0.05) is 13.3 Å². The average Bonchev–Trinajstić information content (AvgIpc) is 2.15. The first kappa shape index (κ1) is 14.6. The van der Waals surface area contributed by atoms with Crippen LogP contribution in [0.2, 0.25) is 0 Å². The minimum atomic E-state index is -1.01. The molecule has 0 aliphatic carbocycles. The van der Waals surface area contributed by atoms with Gasteiger partial charge in [-0.05, 0) is 6.42 Å². The molecule has 0 heterocycles. The first-order chi connectivity index (χ1) is 6.50. The van der Waals surface area contributed by atoms with E-state index < -0.39 is 21.6 Å². The summed E-state index contributed by atoms with van der Waals surface area (Å²) in [6.07, 6.45) is 1.74. The van der Waals surface area contributed by atoms with E-state index in [1.165, 1.54) is 0 Å². The predicted octanol–water partition coefficient (Wildman–Crippen LogP) is 3.35. The van der Waals surface area contributed by atoms with Gasteiger partial charge in [0.25, 0.3) is 0 Å². The van der Waals surface area contributed by atoms with Crippen molar-refractivity contribution in [3.05, 3.63) is 0 Å². The monoisotopic (exact) mass is 280 g/mol. The summed E-state index contributed by atoms with van der Waals surface area (Å²) in [5.74, 6) is -0.577. The zero-order valence-corrected chi connectivity index (χ0v) is 10.7. The number of esters is 1. The fourth-order valence-corrected chi connectivity index (χ4v) is 1.41. The zero-order valence-electron chi connectivity index (χ0n) is 7.68. The summed E-state index contributed by atoms with van der Waals surface area (Å²) >= 11 is 22.3. The molecule has 0 aromatic carbocycles. The molecule has 6 heteroatoms. The second-order valence-corrected chi connectivity index (χ2v) is 4.84. The van der Waals surface area contributed by atoms with E-state index in [1.807, 2.05) is 6.92 Å². The topological polar surface area (TPSA) is 26.3 Å². The van der Waals surface area contributed by atoms with Crippen LogP contribution in [-0.2, 0) is 9.53 Å². The van der Waals surface area contributed by atoms with Crippen molar-refractivity contribution in [2.75, 3.05) is 6.61 Å². The Hall–Kier alpha value is 0.630. The summed E-state index contributed by atoms with van der Waals surface area (Å²) in [5, 5.41) is -1.84. The van der Waals surface area contributed by atoms with E-state index in [2.05, 4.69) is 0 Å². The quantitative estimate of drug-likeness (QED) is 0.424. The molecule has 14 heavy (non-hydrogen) atoms. The second-order valence-electron chi connectivity index (χ2n) is 2.70. The van der Waals surface area contributed by atoms with Crippen LogP contribution in [0.4, 0.5) is 0 Å². The van der Waals surface area contributed by atoms with Crippen molar-refractivity contribution in [1.29, 1.82) is 0 Å². The summed E-state index contributed by atoms with van der Waals surface area (Å²) in [5.41, 5.74) is 0. The Labute approximate surface area is 104 Å². The van der Waals surface area contributed by atoms with Crippen LogP contribution in [0.15, 0.2) is 0 Å². The van der Waals surface area contributed by atoms with Gasteiger partial charge in [0.2, 0.25) is 0 Å². The molecule has 0 aromatic rings. The lowest BCUT2D eigenvalue weighted by molar-refractivity contribution is -0.143. The Kier molecular flexibility index (Phi) is 8.22. The summed E-state index contributed by atoms with van der Waals surface area (Å²) in [7, 11) is 0. The number of carbonyl (C=O) groups excluding carboxylic acids is 1. The third-order valence-corrected chi connectivity index (χ3v) is 3.37. The Morgan fingerprint density at radius 1 is 1.29 bits per heavy atom. The Balaban J connectivity index is 3.86. The summed E-state index contributed by atoms with van der Waals surface area (Å²) in [6, 6.07) is 0. The number of hydrogen-bond acceptors (Lipinski definition) is 2. The standard InChI is InChI=1S/C8H12Cl4O2/c1-2-3-4-14-8(13)6(10)5(9)7(11)12/h5-7H,2-4H2,1H3. The number of alkyl halides is 4. The van der Waals surface area contributed by atoms with Crippen molar-refractivity contribution >= 4 is 52.4 Å². The SMILES string of the molecule is CCCCOC(=O)C(Cl)C(Cl)C(Cl)Cl. The fraction of sp³-hybridized carbons (Fsp3) is 0.875. The summed E-state index contributed by atoms with van der Waals surface area (Å²) in [4.78, 5) is 10.3. The van der Waals surface area contributed by atoms with Gasteiger partial charge >= 0.3 is 5.97 Å². The molecular formula is C8H12Cl4O2. The second kappa shape index (κ2) is 7.86. The molecule has 0 aliphatic heterocycles. The number of rotatable bonds is 6. The molecule has 2 unspecified atom stereocenters. The van der Waals surface area contributed by atoms with Crippen LogP contribution >= 0.6 is 46.4 Å². The molecule has 2 atom stereocenters. The van der Waals surface area contributed by atoms with Crippen LogP contribution in [0.1, 0.15) is 19.8 Å². The van der Waals surface area contributed by atoms with Crippen molar-refractivity contribution < 1.29 is 9.53 Å². The van der Waals surface area contributed by atoms with Gasteiger partial charge in [-0.25, -0.2) is 0 Å². The van der Waals surface area contributed by atoms with Crippen molar-refractivity contribution in [3.8, 4) is 0 Å². The zero-order chi connectivity index (χ0) is 11.1. The number of carbonyl (C=O) groups is 1. The van der Waals surface area contributed by atoms with E-state index in [0.29, 0.717) is 6.61 Å². The Morgan fingerprint density at radius 2 is 1.86 bits per heavy atom. The van der Waals surface area contributed by atoms with E-state index in [9.17, 15) is 4.79 Å². The normalized spacial score (nSPS) is 15.3. The highest BCUT2D eigenvalue weighted by molar-refractivity contribution is 6.50. The van der Waals surface area contributed by atoms with Gasteiger partial charge in [-0.3, -0.25) is 4.79 Å². The highest BCUT2D eigenvalue weighted by Gasteiger charge is 2.30. The van der Waals surface area contributed by atoms with Gasteiger partial charge in [0, 0.05) is 0 Å². The van der Waals surface area contributed by atoms with Crippen molar-refractivity contribution in [1.82, 2.24) is 0 Å². The lowest BCUT2D eigenvalue weighted by Crippen LogP contribution is -2.31. The van der Waals surface area contributed by atoms with E-state index in [4.69, 9.17) is 51.1 Å². The first-order valence-corrected chi connectivity index (χ1v) is 5.98. The van der Waals surface area contributed by atoms with Crippen molar-refractivity contribution in [2.24, 2.45) is 0 Å². The molecule has 0 saturated heterocycles. The third kappa shape index (κ3) is 5.50. The molecule has 0 bridgehead atoms. The van der Waals surface area contributed by atoms with Gasteiger partial charge in [0.1, 0.15) is 10.2 Å². The smallest absolute Gasteiger partial charge is 0.325 e. The molecule has 0 N–H and O–H groups in total.